The number of ether oxygens (including phenoxy) is 1. The molecule has 13 heavy (non-hydrogen) atoms. The second-order valence-electron chi connectivity index (χ2n) is 2.60. The van der Waals surface area contributed by atoms with Crippen LogP contribution in [0.15, 0.2) is 16.2 Å². The Hall–Kier alpha value is -1.36. The lowest BCUT2D eigenvalue weighted by Gasteiger charge is -2.03. The van der Waals surface area contributed by atoms with E-state index in [4.69, 9.17) is 4.74 Å². The summed E-state index contributed by atoms with van der Waals surface area (Å²) in [5, 5.41) is 2.49. The van der Waals surface area contributed by atoms with Gasteiger partial charge in [0.2, 0.25) is 0 Å². The third-order valence-corrected chi connectivity index (χ3v) is 2.65. The van der Waals surface area contributed by atoms with Crippen LogP contribution >= 0.6 is 11.3 Å². The SMILES string of the molecule is COc1nc2sccc2c(=O)n1C. The van der Waals surface area contributed by atoms with Crippen molar-refractivity contribution in [3.05, 3.63) is 21.8 Å². The highest BCUT2D eigenvalue weighted by molar-refractivity contribution is 7.16. The summed E-state index contributed by atoms with van der Waals surface area (Å²) in [5.41, 5.74) is -0.0666. The molecule has 0 spiro atoms. The molecule has 2 heterocycles. The summed E-state index contributed by atoms with van der Waals surface area (Å²) in [6, 6.07) is 2.12. The Kier molecular flexibility index (Phi) is 1.81. The average molecular weight is 196 g/mol. The van der Waals surface area contributed by atoms with E-state index in [0.29, 0.717) is 11.4 Å². The first-order valence-electron chi connectivity index (χ1n) is 3.72. The Morgan fingerprint density at radius 1 is 1.62 bits per heavy atom. The summed E-state index contributed by atoms with van der Waals surface area (Å²) < 4.78 is 6.36. The van der Waals surface area contributed by atoms with Crippen LogP contribution < -0.4 is 10.3 Å². The van der Waals surface area contributed by atoms with Crippen molar-refractivity contribution < 1.29 is 4.74 Å². The number of aromatic nitrogens is 2. The molecule has 0 fully saturated rings. The van der Waals surface area contributed by atoms with E-state index in [1.807, 2.05) is 5.38 Å². The number of rotatable bonds is 1. The predicted octanol–water partition coefficient (Wildman–Crippen LogP) is 1.00. The fourth-order valence-corrected chi connectivity index (χ4v) is 1.91. The van der Waals surface area contributed by atoms with Crippen LogP contribution in [0.5, 0.6) is 6.01 Å². The second-order valence-corrected chi connectivity index (χ2v) is 3.50. The fraction of sp³-hybridized carbons (Fsp3) is 0.250. The fourth-order valence-electron chi connectivity index (χ4n) is 1.16. The predicted molar refractivity (Wildman–Crippen MR) is 51.4 cm³/mol. The molecular weight excluding hydrogens is 188 g/mol. The van der Waals surface area contributed by atoms with Crippen molar-refractivity contribution in [3.8, 4) is 6.01 Å². The second kappa shape index (κ2) is 2.85. The lowest BCUT2D eigenvalue weighted by Crippen LogP contribution is -2.18. The molecule has 0 saturated carbocycles. The maximum atomic E-state index is 11.6. The largest absolute Gasteiger partial charge is 0.468 e. The molecule has 4 nitrogen and oxygen atoms in total. The molecule has 0 aliphatic rings. The van der Waals surface area contributed by atoms with E-state index >= 15 is 0 Å². The third-order valence-electron chi connectivity index (χ3n) is 1.85. The van der Waals surface area contributed by atoms with Crippen molar-refractivity contribution >= 4 is 21.6 Å². The maximum absolute atomic E-state index is 11.6. The zero-order valence-electron chi connectivity index (χ0n) is 7.27. The van der Waals surface area contributed by atoms with Crippen LogP contribution in [0.2, 0.25) is 0 Å². The van der Waals surface area contributed by atoms with Crippen LogP contribution in [0.3, 0.4) is 0 Å². The molecule has 2 aromatic rings. The monoisotopic (exact) mass is 196 g/mol. The summed E-state index contributed by atoms with van der Waals surface area (Å²) in [6.07, 6.45) is 0. The first-order valence-corrected chi connectivity index (χ1v) is 4.60. The summed E-state index contributed by atoms with van der Waals surface area (Å²) >= 11 is 1.44. The molecule has 0 bridgehead atoms. The van der Waals surface area contributed by atoms with Crippen molar-refractivity contribution in [3.63, 3.8) is 0 Å². The summed E-state index contributed by atoms with van der Waals surface area (Å²) in [4.78, 5) is 16.5. The minimum absolute atomic E-state index is 0.0666. The number of hydrogen-bond acceptors (Lipinski definition) is 4. The van der Waals surface area contributed by atoms with E-state index in [0.717, 1.165) is 4.83 Å². The molecule has 0 aromatic carbocycles. The number of hydrogen-bond donors (Lipinski definition) is 0. The van der Waals surface area contributed by atoms with Gasteiger partial charge in [-0.25, -0.2) is 0 Å². The summed E-state index contributed by atoms with van der Waals surface area (Å²) in [7, 11) is 3.15. The van der Waals surface area contributed by atoms with Crippen LogP contribution in [-0.2, 0) is 7.05 Å². The van der Waals surface area contributed by atoms with Crippen LogP contribution in [0, 0.1) is 0 Å². The molecule has 2 rings (SSSR count). The number of fused-ring (bicyclic) bond motifs is 1. The number of methoxy groups -OCH3 is 1. The van der Waals surface area contributed by atoms with E-state index in [-0.39, 0.29) is 5.56 Å². The smallest absolute Gasteiger partial charge is 0.300 e. The average Bonchev–Trinajstić information content (AvgIpc) is 2.59. The Morgan fingerprint density at radius 3 is 3.08 bits per heavy atom. The van der Waals surface area contributed by atoms with Gasteiger partial charge in [0.15, 0.2) is 0 Å². The summed E-state index contributed by atoms with van der Waals surface area (Å²) in [5.74, 6) is 0. The maximum Gasteiger partial charge on any atom is 0.300 e. The van der Waals surface area contributed by atoms with Gasteiger partial charge in [-0.1, -0.05) is 0 Å². The van der Waals surface area contributed by atoms with E-state index < -0.39 is 0 Å². The van der Waals surface area contributed by atoms with Crippen molar-refractivity contribution in [2.45, 2.75) is 0 Å². The van der Waals surface area contributed by atoms with Gasteiger partial charge in [0.25, 0.3) is 11.6 Å². The highest BCUT2D eigenvalue weighted by Gasteiger charge is 2.08. The van der Waals surface area contributed by atoms with Crippen molar-refractivity contribution in [2.75, 3.05) is 7.11 Å². The van der Waals surface area contributed by atoms with E-state index in [1.54, 1.807) is 13.1 Å². The Balaban J connectivity index is 2.92. The van der Waals surface area contributed by atoms with E-state index in [2.05, 4.69) is 4.98 Å². The van der Waals surface area contributed by atoms with Gasteiger partial charge < -0.3 is 4.74 Å². The Bertz CT molecular complexity index is 500. The van der Waals surface area contributed by atoms with E-state index in [9.17, 15) is 4.79 Å². The lowest BCUT2D eigenvalue weighted by atomic mass is 10.4. The van der Waals surface area contributed by atoms with E-state index in [1.165, 1.54) is 23.0 Å². The van der Waals surface area contributed by atoms with Gasteiger partial charge in [-0.05, 0) is 11.4 Å². The zero-order chi connectivity index (χ0) is 9.42. The molecule has 0 N–H and O–H groups in total. The quantitative estimate of drug-likeness (QED) is 0.683. The lowest BCUT2D eigenvalue weighted by molar-refractivity contribution is 0.359. The highest BCUT2D eigenvalue weighted by Crippen LogP contribution is 2.17. The topological polar surface area (TPSA) is 44.1 Å². The molecule has 0 atom stereocenters. The van der Waals surface area contributed by atoms with Crippen LogP contribution in [0.4, 0.5) is 0 Å². The first kappa shape index (κ1) is 8.25. The minimum Gasteiger partial charge on any atom is -0.468 e. The van der Waals surface area contributed by atoms with Gasteiger partial charge in [0.1, 0.15) is 4.83 Å². The normalized spacial score (nSPS) is 10.6. The molecule has 0 aliphatic carbocycles. The molecule has 0 aliphatic heterocycles. The van der Waals surface area contributed by atoms with Crippen LogP contribution in [0.25, 0.3) is 10.2 Å². The molecular formula is C8H8N2O2S. The van der Waals surface area contributed by atoms with Gasteiger partial charge >= 0.3 is 0 Å². The standard InChI is InChI=1S/C8H8N2O2S/c1-10-7(11)5-3-4-13-6(5)9-8(10)12-2/h3-4H,1-2H3. The third kappa shape index (κ3) is 1.12. The van der Waals surface area contributed by atoms with Gasteiger partial charge in [0, 0.05) is 7.05 Å². The molecule has 0 amide bonds. The minimum atomic E-state index is -0.0666. The molecule has 5 heteroatoms. The highest BCUT2D eigenvalue weighted by atomic mass is 32.1. The molecule has 0 radical (unpaired) electrons. The van der Waals surface area contributed by atoms with Gasteiger partial charge in [0.05, 0.1) is 12.5 Å². The number of nitrogens with zero attached hydrogens (tertiary/aromatic N) is 2. The van der Waals surface area contributed by atoms with Crippen molar-refractivity contribution in [1.82, 2.24) is 9.55 Å². The zero-order valence-corrected chi connectivity index (χ0v) is 8.09. The van der Waals surface area contributed by atoms with Gasteiger partial charge in [-0.15, -0.1) is 11.3 Å². The molecule has 0 unspecified atom stereocenters. The Labute approximate surface area is 78.4 Å². The number of thiophene rings is 1. The van der Waals surface area contributed by atoms with Crippen molar-refractivity contribution in [2.24, 2.45) is 7.05 Å². The Morgan fingerprint density at radius 2 is 2.38 bits per heavy atom. The van der Waals surface area contributed by atoms with Gasteiger partial charge in [-0.3, -0.25) is 9.36 Å². The van der Waals surface area contributed by atoms with Gasteiger partial charge in [-0.2, -0.15) is 4.98 Å². The van der Waals surface area contributed by atoms with Crippen LogP contribution in [-0.4, -0.2) is 16.7 Å². The van der Waals surface area contributed by atoms with Crippen molar-refractivity contribution in [1.29, 1.82) is 0 Å². The molecule has 0 saturated heterocycles. The summed E-state index contributed by atoms with van der Waals surface area (Å²) in [6.45, 7) is 0. The molecule has 68 valence electrons. The molecule has 2 aromatic heterocycles. The van der Waals surface area contributed by atoms with Crippen LogP contribution in [0.1, 0.15) is 0 Å². The first-order chi connectivity index (χ1) is 6.24.